The first-order chi connectivity index (χ1) is 10.0. The Kier molecular flexibility index (Phi) is 12.9. The average Bonchev–Trinajstić information content (AvgIpc) is 2.34. The summed E-state index contributed by atoms with van der Waals surface area (Å²) >= 11 is 0. The van der Waals surface area contributed by atoms with Gasteiger partial charge in [0.1, 0.15) is 0 Å². The van der Waals surface area contributed by atoms with Crippen LogP contribution in [0.25, 0.3) is 0 Å². The second kappa shape index (κ2) is 12.3. The van der Waals surface area contributed by atoms with Crippen LogP contribution in [0.15, 0.2) is 12.2 Å². The van der Waals surface area contributed by atoms with Crippen molar-refractivity contribution in [1.29, 1.82) is 0 Å². The Morgan fingerprint density at radius 2 is 1.50 bits per heavy atom. The Labute approximate surface area is 129 Å². The highest BCUT2D eigenvalue weighted by atomic mass is 31.2. The molecule has 0 saturated carbocycles. The van der Waals surface area contributed by atoms with Gasteiger partial charge in [-0.2, -0.15) is 0 Å². The number of phosphoric ester groups is 1. The summed E-state index contributed by atoms with van der Waals surface area (Å²) in [6, 6.07) is 0. The van der Waals surface area contributed by atoms with Crippen LogP contribution in [0, 0.1) is 0 Å². The molecule has 0 aromatic heterocycles. The standard InChI is InChI=1S/C8H19O5P.C4H4O4/c1-6-10-14(9,12-8(4)5)13-11-7(2)3;5-3(6)1-2-4(7)8/h7-8H,6H2,1-5H3;1-2H,(H,5,6)(H,7,8)/b;2-1+. The van der Waals surface area contributed by atoms with Crippen LogP contribution in [0.3, 0.4) is 0 Å². The molecule has 0 bridgehead atoms. The predicted octanol–water partition coefficient (Wildman–Crippen LogP) is 2.62. The molecule has 0 rings (SSSR count). The molecule has 0 aromatic rings. The number of rotatable bonds is 9. The molecule has 10 heteroatoms. The first kappa shape index (κ1) is 23.0. The van der Waals surface area contributed by atoms with Crippen LogP contribution in [-0.2, 0) is 32.8 Å². The number of carbonyl (C=O) groups is 2. The average molecular weight is 342 g/mol. The Balaban J connectivity index is 0. The number of phosphoric acid groups is 1. The molecular weight excluding hydrogens is 319 g/mol. The van der Waals surface area contributed by atoms with Crippen molar-refractivity contribution in [2.45, 2.75) is 46.8 Å². The van der Waals surface area contributed by atoms with E-state index >= 15 is 0 Å². The molecule has 0 aliphatic heterocycles. The van der Waals surface area contributed by atoms with E-state index in [0.29, 0.717) is 12.2 Å². The summed E-state index contributed by atoms with van der Waals surface area (Å²) in [5.74, 6) is -2.51. The van der Waals surface area contributed by atoms with Gasteiger partial charge in [0.25, 0.3) is 0 Å². The molecule has 0 aromatic carbocycles. The number of hydrogen-bond acceptors (Lipinski definition) is 7. The summed E-state index contributed by atoms with van der Waals surface area (Å²) in [5.41, 5.74) is 0. The van der Waals surface area contributed by atoms with Crippen LogP contribution < -0.4 is 0 Å². The Morgan fingerprint density at radius 1 is 1.05 bits per heavy atom. The Hall–Kier alpha value is -1.25. The normalized spacial score (nSPS) is 13.8. The van der Waals surface area contributed by atoms with E-state index < -0.39 is 19.8 Å². The van der Waals surface area contributed by atoms with Crippen molar-refractivity contribution >= 4 is 19.8 Å². The summed E-state index contributed by atoms with van der Waals surface area (Å²) in [6.45, 7) is 8.94. The zero-order valence-electron chi connectivity index (χ0n) is 13.2. The van der Waals surface area contributed by atoms with Gasteiger partial charge in [0, 0.05) is 12.2 Å². The van der Waals surface area contributed by atoms with Gasteiger partial charge in [-0.3, -0.25) is 9.05 Å². The largest absolute Gasteiger partial charge is 0.502 e. The summed E-state index contributed by atoms with van der Waals surface area (Å²) in [5, 5.41) is 15.6. The number of aliphatic carboxylic acids is 2. The fraction of sp³-hybridized carbons (Fsp3) is 0.667. The van der Waals surface area contributed by atoms with Gasteiger partial charge in [0.2, 0.25) is 0 Å². The summed E-state index contributed by atoms with van der Waals surface area (Å²) in [7, 11) is -3.55. The minimum atomic E-state index is -3.55. The first-order valence-electron chi connectivity index (χ1n) is 6.44. The molecule has 1 unspecified atom stereocenters. The van der Waals surface area contributed by atoms with Crippen LogP contribution >= 0.6 is 7.82 Å². The van der Waals surface area contributed by atoms with Crippen LogP contribution in [0.4, 0.5) is 0 Å². The predicted molar refractivity (Wildman–Crippen MR) is 77.2 cm³/mol. The summed E-state index contributed by atoms with van der Waals surface area (Å²) in [6.07, 6.45) is 0.674. The third-order valence-corrected chi connectivity index (χ3v) is 2.85. The SMILES string of the molecule is CCOP(=O)(OOC(C)C)OC(C)C.O=C(O)/C=C/C(=O)O. The van der Waals surface area contributed by atoms with Crippen LogP contribution in [0.2, 0.25) is 0 Å². The number of carboxylic acids is 2. The van der Waals surface area contributed by atoms with E-state index in [1.165, 1.54) is 0 Å². The highest BCUT2D eigenvalue weighted by Gasteiger charge is 2.29. The molecule has 130 valence electrons. The molecule has 0 spiro atoms. The van der Waals surface area contributed by atoms with Gasteiger partial charge in [-0.15, -0.1) is 4.67 Å². The summed E-state index contributed by atoms with van der Waals surface area (Å²) in [4.78, 5) is 23.9. The molecule has 9 nitrogen and oxygen atoms in total. The van der Waals surface area contributed by atoms with Crippen molar-refractivity contribution < 1.29 is 43.0 Å². The van der Waals surface area contributed by atoms with Crippen molar-refractivity contribution in [1.82, 2.24) is 0 Å². The van der Waals surface area contributed by atoms with Crippen molar-refractivity contribution in [3.05, 3.63) is 12.2 Å². The molecule has 22 heavy (non-hydrogen) atoms. The maximum Gasteiger partial charge on any atom is 0.502 e. The lowest BCUT2D eigenvalue weighted by molar-refractivity contribution is -0.253. The van der Waals surface area contributed by atoms with Gasteiger partial charge in [-0.05, 0) is 34.6 Å². The summed E-state index contributed by atoms with van der Waals surface area (Å²) < 4.78 is 26.3. The van der Waals surface area contributed by atoms with E-state index in [2.05, 4.69) is 4.67 Å². The molecule has 0 aliphatic rings. The van der Waals surface area contributed by atoms with Crippen LogP contribution in [-0.4, -0.2) is 41.0 Å². The fourth-order valence-corrected chi connectivity index (χ4v) is 2.02. The molecule has 0 saturated heterocycles. The lowest BCUT2D eigenvalue weighted by Crippen LogP contribution is -2.09. The third-order valence-electron chi connectivity index (χ3n) is 1.32. The van der Waals surface area contributed by atoms with Crippen LogP contribution in [0.1, 0.15) is 34.6 Å². The number of carboxylic acid groups (broad SMARTS) is 2. The molecule has 1 atom stereocenters. The lowest BCUT2D eigenvalue weighted by Gasteiger charge is -2.18. The quantitative estimate of drug-likeness (QED) is 0.281. The fourth-order valence-electron chi connectivity index (χ4n) is 0.767. The number of hydrogen-bond donors (Lipinski definition) is 2. The van der Waals surface area contributed by atoms with E-state index in [1.807, 2.05) is 0 Å². The molecule has 0 heterocycles. The van der Waals surface area contributed by atoms with E-state index in [9.17, 15) is 14.2 Å². The monoisotopic (exact) mass is 342 g/mol. The zero-order valence-corrected chi connectivity index (χ0v) is 14.1. The van der Waals surface area contributed by atoms with Crippen molar-refractivity contribution in [2.75, 3.05) is 6.61 Å². The van der Waals surface area contributed by atoms with E-state index in [0.717, 1.165) is 0 Å². The van der Waals surface area contributed by atoms with Crippen LogP contribution in [0.5, 0.6) is 0 Å². The van der Waals surface area contributed by atoms with Gasteiger partial charge >= 0.3 is 19.8 Å². The Bertz CT molecular complexity index is 387. The first-order valence-corrected chi connectivity index (χ1v) is 7.90. The molecule has 0 fully saturated rings. The lowest BCUT2D eigenvalue weighted by atomic mass is 10.5. The maximum atomic E-state index is 11.7. The van der Waals surface area contributed by atoms with E-state index in [-0.39, 0.29) is 18.8 Å². The third kappa shape index (κ3) is 16.8. The van der Waals surface area contributed by atoms with Crippen molar-refractivity contribution in [3.8, 4) is 0 Å². The van der Waals surface area contributed by atoms with Gasteiger partial charge in [0.15, 0.2) is 0 Å². The molecule has 0 amide bonds. The van der Waals surface area contributed by atoms with E-state index in [1.54, 1.807) is 34.6 Å². The molecule has 0 aliphatic carbocycles. The molecular formula is C12H23O9P. The van der Waals surface area contributed by atoms with Gasteiger partial charge in [0.05, 0.1) is 18.8 Å². The molecule has 0 radical (unpaired) electrons. The van der Waals surface area contributed by atoms with Crippen molar-refractivity contribution in [2.24, 2.45) is 0 Å². The van der Waals surface area contributed by atoms with Crippen molar-refractivity contribution in [3.63, 3.8) is 0 Å². The highest BCUT2D eigenvalue weighted by Crippen LogP contribution is 2.50. The highest BCUT2D eigenvalue weighted by molar-refractivity contribution is 7.48. The second-order valence-corrected chi connectivity index (χ2v) is 5.76. The minimum absolute atomic E-state index is 0.195. The Morgan fingerprint density at radius 3 is 1.77 bits per heavy atom. The maximum absolute atomic E-state index is 11.7. The molecule has 2 N–H and O–H groups in total. The van der Waals surface area contributed by atoms with Gasteiger partial charge in [-0.25, -0.2) is 19.0 Å². The smallest absolute Gasteiger partial charge is 0.478 e. The zero-order chi connectivity index (χ0) is 17.8. The van der Waals surface area contributed by atoms with E-state index in [4.69, 9.17) is 24.1 Å². The second-order valence-electron chi connectivity index (χ2n) is 4.25. The van der Waals surface area contributed by atoms with Gasteiger partial charge < -0.3 is 10.2 Å². The van der Waals surface area contributed by atoms with Gasteiger partial charge in [-0.1, -0.05) is 0 Å². The minimum Gasteiger partial charge on any atom is -0.478 e. The topological polar surface area (TPSA) is 129 Å².